The van der Waals surface area contributed by atoms with Crippen molar-refractivity contribution in [2.45, 2.75) is 51.0 Å². The van der Waals surface area contributed by atoms with Gasteiger partial charge in [-0.15, -0.1) is 0 Å². The molecule has 2 saturated heterocycles. The maximum Gasteiger partial charge on any atom is 0.310 e. The molecule has 0 bridgehead atoms. The number of rotatable bonds is 3. The summed E-state index contributed by atoms with van der Waals surface area (Å²) < 4.78 is 0. The summed E-state index contributed by atoms with van der Waals surface area (Å²) in [5.74, 6) is -0.719. The number of piperazine rings is 1. The molecule has 2 aliphatic heterocycles. The lowest BCUT2D eigenvalue weighted by Crippen LogP contribution is -2.53. The van der Waals surface area contributed by atoms with E-state index in [9.17, 15) is 14.7 Å². The molecule has 0 spiro atoms. The molecule has 0 aromatic rings. The monoisotopic (exact) mass is 280 g/mol. The number of nitrogens with zero attached hydrogens (tertiary/aromatic N) is 2. The highest BCUT2D eigenvalue weighted by molar-refractivity contribution is 5.85. The Bertz CT molecular complexity index is 404. The molecule has 3 fully saturated rings. The van der Waals surface area contributed by atoms with Crippen LogP contribution in [0.4, 0.5) is 0 Å². The highest BCUT2D eigenvalue weighted by atomic mass is 16.4. The summed E-state index contributed by atoms with van der Waals surface area (Å²) in [6.45, 7) is 3.68. The Morgan fingerprint density at radius 1 is 1.10 bits per heavy atom. The van der Waals surface area contributed by atoms with Crippen LogP contribution < -0.4 is 0 Å². The molecule has 2 heterocycles. The summed E-state index contributed by atoms with van der Waals surface area (Å²) in [6.07, 6.45) is 5.82. The van der Waals surface area contributed by atoms with Gasteiger partial charge in [-0.25, -0.2) is 0 Å². The maximum absolute atomic E-state index is 12.5. The third kappa shape index (κ3) is 2.43. The SMILES string of the molecule is O=C(CC1(C(=O)O)CCCC1)N1CCN2CCCC2C1. The van der Waals surface area contributed by atoms with Crippen molar-refractivity contribution in [1.29, 1.82) is 0 Å². The van der Waals surface area contributed by atoms with Gasteiger partial charge < -0.3 is 10.0 Å². The Morgan fingerprint density at radius 2 is 1.85 bits per heavy atom. The number of carbonyl (C=O) groups excluding carboxylic acids is 1. The first-order chi connectivity index (χ1) is 9.61. The van der Waals surface area contributed by atoms with Crippen molar-refractivity contribution in [1.82, 2.24) is 9.80 Å². The van der Waals surface area contributed by atoms with Crippen molar-refractivity contribution in [3.63, 3.8) is 0 Å². The molecule has 112 valence electrons. The molecule has 3 rings (SSSR count). The second-order valence-electron chi connectivity index (χ2n) is 6.64. The lowest BCUT2D eigenvalue weighted by molar-refractivity contribution is -0.154. The van der Waals surface area contributed by atoms with E-state index >= 15 is 0 Å². The zero-order chi connectivity index (χ0) is 14.2. The largest absolute Gasteiger partial charge is 0.481 e. The normalized spacial score (nSPS) is 29.4. The Kier molecular flexibility index (Phi) is 3.71. The van der Waals surface area contributed by atoms with E-state index in [-0.39, 0.29) is 12.3 Å². The Balaban J connectivity index is 1.62. The van der Waals surface area contributed by atoms with E-state index in [2.05, 4.69) is 4.90 Å². The van der Waals surface area contributed by atoms with Gasteiger partial charge in [-0.1, -0.05) is 12.8 Å². The summed E-state index contributed by atoms with van der Waals surface area (Å²) in [4.78, 5) is 28.4. The molecule has 5 heteroatoms. The molecular weight excluding hydrogens is 256 g/mol. The van der Waals surface area contributed by atoms with Crippen molar-refractivity contribution in [2.75, 3.05) is 26.2 Å². The van der Waals surface area contributed by atoms with E-state index in [1.807, 2.05) is 4.90 Å². The fraction of sp³-hybridized carbons (Fsp3) is 0.867. The molecule has 1 atom stereocenters. The molecule has 1 saturated carbocycles. The van der Waals surface area contributed by atoms with Gasteiger partial charge >= 0.3 is 5.97 Å². The maximum atomic E-state index is 12.5. The van der Waals surface area contributed by atoms with E-state index in [0.29, 0.717) is 18.9 Å². The summed E-state index contributed by atoms with van der Waals surface area (Å²) in [5.41, 5.74) is -0.774. The van der Waals surface area contributed by atoms with Crippen LogP contribution in [0.5, 0.6) is 0 Å². The molecular formula is C15H24N2O3. The Labute approximate surface area is 119 Å². The summed E-state index contributed by atoms with van der Waals surface area (Å²) in [7, 11) is 0. The fourth-order valence-electron chi connectivity index (χ4n) is 4.14. The van der Waals surface area contributed by atoms with Crippen LogP contribution in [0.3, 0.4) is 0 Å². The average Bonchev–Trinajstić information content (AvgIpc) is 3.06. The molecule has 20 heavy (non-hydrogen) atoms. The van der Waals surface area contributed by atoms with E-state index < -0.39 is 11.4 Å². The second kappa shape index (κ2) is 5.35. The lowest BCUT2D eigenvalue weighted by atomic mass is 9.82. The molecule has 5 nitrogen and oxygen atoms in total. The number of fused-ring (bicyclic) bond motifs is 1. The minimum Gasteiger partial charge on any atom is -0.481 e. The summed E-state index contributed by atoms with van der Waals surface area (Å²) >= 11 is 0. The average molecular weight is 280 g/mol. The standard InChI is InChI=1S/C15H24N2O3/c18-13(10-15(14(19)20)5-1-2-6-15)17-9-8-16-7-3-4-12(16)11-17/h12H,1-11H2,(H,19,20). The second-order valence-corrected chi connectivity index (χ2v) is 6.64. The molecule has 0 aromatic carbocycles. The van der Waals surface area contributed by atoms with Crippen LogP contribution in [0.1, 0.15) is 44.9 Å². The Morgan fingerprint density at radius 3 is 2.55 bits per heavy atom. The number of aliphatic carboxylic acids is 1. The van der Waals surface area contributed by atoms with Crippen LogP contribution >= 0.6 is 0 Å². The van der Waals surface area contributed by atoms with Crippen LogP contribution in [0, 0.1) is 5.41 Å². The predicted molar refractivity (Wildman–Crippen MR) is 74.3 cm³/mol. The minimum absolute atomic E-state index is 0.0563. The number of carbonyl (C=O) groups is 2. The van der Waals surface area contributed by atoms with E-state index in [0.717, 1.165) is 39.0 Å². The first-order valence-corrected chi connectivity index (χ1v) is 7.86. The molecule has 1 amide bonds. The van der Waals surface area contributed by atoms with Gasteiger partial charge in [0.25, 0.3) is 0 Å². The van der Waals surface area contributed by atoms with Gasteiger partial charge in [-0.3, -0.25) is 14.5 Å². The number of carboxylic acid groups (broad SMARTS) is 1. The highest BCUT2D eigenvalue weighted by Gasteiger charge is 2.44. The van der Waals surface area contributed by atoms with Crippen molar-refractivity contribution < 1.29 is 14.7 Å². The van der Waals surface area contributed by atoms with Gasteiger partial charge in [0.15, 0.2) is 0 Å². The van der Waals surface area contributed by atoms with Crippen LogP contribution in [-0.4, -0.2) is 59.0 Å². The van der Waals surface area contributed by atoms with Gasteiger partial charge in [0, 0.05) is 32.1 Å². The molecule has 0 radical (unpaired) electrons. The van der Waals surface area contributed by atoms with Gasteiger partial charge in [-0.05, 0) is 32.2 Å². The number of carboxylic acids is 1. The van der Waals surface area contributed by atoms with E-state index in [1.54, 1.807) is 0 Å². The first-order valence-electron chi connectivity index (χ1n) is 7.86. The summed E-state index contributed by atoms with van der Waals surface area (Å²) in [5, 5.41) is 9.48. The van der Waals surface area contributed by atoms with Gasteiger partial charge in [0.05, 0.1) is 5.41 Å². The highest BCUT2D eigenvalue weighted by Crippen LogP contribution is 2.42. The molecule has 3 aliphatic rings. The third-order valence-electron chi connectivity index (χ3n) is 5.44. The fourth-order valence-corrected chi connectivity index (χ4v) is 4.14. The van der Waals surface area contributed by atoms with Crippen molar-refractivity contribution in [2.24, 2.45) is 5.41 Å². The molecule has 0 aromatic heterocycles. The Hall–Kier alpha value is -1.10. The smallest absolute Gasteiger partial charge is 0.310 e. The topological polar surface area (TPSA) is 60.9 Å². The number of amides is 1. The zero-order valence-electron chi connectivity index (χ0n) is 12.0. The van der Waals surface area contributed by atoms with Crippen LogP contribution in [-0.2, 0) is 9.59 Å². The van der Waals surface area contributed by atoms with Gasteiger partial charge in [-0.2, -0.15) is 0 Å². The lowest BCUT2D eigenvalue weighted by Gasteiger charge is -2.38. The van der Waals surface area contributed by atoms with Crippen LogP contribution in [0.25, 0.3) is 0 Å². The first kappa shape index (κ1) is 13.9. The number of hydrogen-bond donors (Lipinski definition) is 1. The van der Waals surface area contributed by atoms with Gasteiger partial charge in [0.2, 0.25) is 5.91 Å². The van der Waals surface area contributed by atoms with Crippen molar-refractivity contribution in [3.8, 4) is 0 Å². The minimum atomic E-state index is -0.775. The quantitative estimate of drug-likeness (QED) is 0.847. The third-order valence-corrected chi connectivity index (χ3v) is 5.44. The molecule has 1 N–H and O–H groups in total. The number of hydrogen-bond acceptors (Lipinski definition) is 3. The van der Waals surface area contributed by atoms with Crippen LogP contribution in [0.2, 0.25) is 0 Å². The molecule has 1 aliphatic carbocycles. The van der Waals surface area contributed by atoms with Crippen molar-refractivity contribution >= 4 is 11.9 Å². The van der Waals surface area contributed by atoms with E-state index in [1.165, 1.54) is 12.8 Å². The predicted octanol–water partition coefficient (Wildman–Crippen LogP) is 1.33. The summed E-state index contributed by atoms with van der Waals surface area (Å²) in [6, 6.07) is 0.511. The van der Waals surface area contributed by atoms with Crippen LogP contribution in [0.15, 0.2) is 0 Å². The zero-order valence-corrected chi connectivity index (χ0v) is 12.0. The molecule has 1 unspecified atom stereocenters. The van der Waals surface area contributed by atoms with Gasteiger partial charge in [0.1, 0.15) is 0 Å². The van der Waals surface area contributed by atoms with E-state index in [4.69, 9.17) is 0 Å². The van der Waals surface area contributed by atoms with Crippen molar-refractivity contribution in [3.05, 3.63) is 0 Å².